The van der Waals surface area contributed by atoms with Crippen LogP contribution in [0.25, 0.3) is 10.9 Å². The van der Waals surface area contributed by atoms with Gasteiger partial charge in [0.2, 0.25) is 0 Å². The van der Waals surface area contributed by atoms with Crippen LogP contribution in [0.2, 0.25) is 0 Å². The van der Waals surface area contributed by atoms with Crippen molar-refractivity contribution in [3.8, 4) is 0 Å². The predicted octanol–water partition coefficient (Wildman–Crippen LogP) is 5.93. The van der Waals surface area contributed by atoms with Crippen molar-refractivity contribution in [1.29, 1.82) is 0 Å². The van der Waals surface area contributed by atoms with Gasteiger partial charge in [0.05, 0.1) is 0 Å². The van der Waals surface area contributed by atoms with Crippen LogP contribution in [0.5, 0.6) is 0 Å². The lowest BCUT2D eigenvalue weighted by Gasteiger charge is -2.32. The Hall–Kier alpha value is -2.06. The molecule has 0 spiro atoms. The second kappa shape index (κ2) is 8.96. The second-order valence-corrected chi connectivity index (χ2v) is 8.58. The smallest absolute Gasteiger partial charge is 0.0456 e. The van der Waals surface area contributed by atoms with E-state index in [1.54, 1.807) is 5.56 Å². The highest BCUT2D eigenvalue weighted by molar-refractivity contribution is 5.83. The molecule has 1 fully saturated rings. The van der Waals surface area contributed by atoms with Crippen molar-refractivity contribution in [2.24, 2.45) is 5.92 Å². The number of aromatic amines is 1. The van der Waals surface area contributed by atoms with Crippen LogP contribution >= 0.6 is 0 Å². The van der Waals surface area contributed by atoms with Gasteiger partial charge in [-0.3, -0.25) is 0 Å². The molecule has 0 saturated carbocycles. The normalized spacial score (nSPS) is 16.1. The number of hydrogen-bond acceptors (Lipinski definition) is 1. The first kappa shape index (κ1) is 19.3. The van der Waals surface area contributed by atoms with Crippen molar-refractivity contribution < 1.29 is 0 Å². The Morgan fingerprint density at radius 3 is 2.57 bits per heavy atom. The van der Waals surface area contributed by atoms with Gasteiger partial charge in [-0.15, -0.1) is 0 Å². The van der Waals surface area contributed by atoms with E-state index >= 15 is 0 Å². The summed E-state index contributed by atoms with van der Waals surface area (Å²) in [4.78, 5) is 6.14. The highest BCUT2D eigenvalue weighted by Crippen LogP contribution is 2.27. The van der Waals surface area contributed by atoms with E-state index in [-0.39, 0.29) is 0 Å². The second-order valence-electron chi connectivity index (χ2n) is 8.58. The van der Waals surface area contributed by atoms with E-state index in [0.29, 0.717) is 0 Å². The van der Waals surface area contributed by atoms with Crippen molar-refractivity contribution in [2.45, 2.75) is 52.4 Å². The molecule has 1 saturated heterocycles. The van der Waals surface area contributed by atoms with Crippen LogP contribution in [-0.2, 0) is 19.3 Å². The molecule has 0 amide bonds. The third kappa shape index (κ3) is 4.50. The number of nitrogens with zero attached hydrogens (tertiary/aromatic N) is 1. The zero-order valence-corrected chi connectivity index (χ0v) is 17.5. The minimum absolute atomic E-state index is 0.830. The maximum Gasteiger partial charge on any atom is 0.0456 e. The van der Waals surface area contributed by atoms with E-state index in [0.717, 1.165) is 12.3 Å². The van der Waals surface area contributed by atoms with Gasteiger partial charge in [0.25, 0.3) is 0 Å². The number of aromatic nitrogens is 1. The quantitative estimate of drug-likeness (QED) is 0.543. The minimum atomic E-state index is 0.830. The number of fused-ring (bicyclic) bond motifs is 1. The summed E-state index contributed by atoms with van der Waals surface area (Å²) in [5.41, 5.74) is 7.22. The maximum atomic E-state index is 3.46. The fraction of sp³-hybridized carbons (Fsp3) is 0.462. The van der Waals surface area contributed by atoms with Gasteiger partial charge in [-0.25, -0.2) is 0 Å². The van der Waals surface area contributed by atoms with Crippen LogP contribution in [-0.4, -0.2) is 29.5 Å². The van der Waals surface area contributed by atoms with Crippen LogP contribution in [0.1, 0.15) is 48.4 Å². The van der Waals surface area contributed by atoms with E-state index in [9.17, 15) is 0 Å². The van der Waals surface area contributed by atoms with Gasteiger partial charge in [-0.05, 0) is 99.8 Å². The standard InChI is InChI=1S/C26H34N2/c1-3-22-7-4-5-8-23(22)9-6-14-28-15-12-21(13-16-28)18-24-19-27-26-11-10-20(2)17-25(24)26/h4-5,7-8,10-11,17,19,21,27H,3,6,9,12-16,18H2,1-2H3. The number of piperidine rings is 1. The number of rotatable bonds is 7. The number of H-pyrrole nitrogens is 1. The summed E-state index contributed by atoms with van der Waals surface area (Å²) >= 11 is 0. The summed E-state index contributed by atoms with van der Waals surface area (Å²) in [5.74, 6) is 0.830. The van der Waals surface area contributed by atoms with Gasteiger partial charge in [-0.2, -0.15) is 0 Å². The number of aryl methyl sites for hydroxylation is 3. The Morgan fingerprint density at radius 2 is 1.79 bits per heavy atom. The molecule has 2 aromatic carbocycles. The molecular formula is C26H34N2. The van der Waals surface area contributed by atoms with Crippen molar-refractivity contribution in [1.82, 2.24) is 9.88 Å². The van der Waals surface area contributed by atoms with Crippen molar-refractivity contribution >= 4 is 10.9 Å². The SMILES string of the molecule is CCc1ccccc1CCCN1CCC(Cc2c[nH]c3ccc(C)cc23)CC1. The lowest BCUT2D eigenvalue weighted by Crippen LogP contribution is -2.35. The maximum absolute atomic E-state index is 3.46. The molecule has 148 valence electrons. The topological polar surface area (TPSA) is 19.0 Å². The number of benzene rings is 2. The molecule has 2 heteroatoms. The van der Waals surface area contributed by atoms with Crippen molar-refractivity contribution in [2.75, 3.05) is 19.6 Å². The van der Waals surface area contributed by atoms with Gasteiger partial charge in [0.1, 0.15) is 0 Å². The molecule has 4 rings (SSSR count). The highest BCUT2D eigenvalue weighted by Gasteiger charge is 2.20. The molecule has 0 bridgehead atoms. The number of hydrogen-bond donors (Lipinski definition) is 1. The molecule has 0 aliphatic carbocycles. The number of nitrogens with one attached hydrogen (secondary N) is 1. The van der Waals surface area contributed by atoms with Crippen molar-refractivity contribution in [3.05, 3.63) is 70.9 Å². The average Bonchev–Trinajstić information content (AvgIpc) is 3.11. The van der Waals surface area contributed by atoms with Crippen LogP contribution in [0, 0.1) is 12.8 Å². The van der Waals surface area contributed by atoms with Gasteiger partial charge >= 0.3 is 0 Å². The van der Waals surface area contributed by atoms with Crippen LogP contribution in [0.15, 0.2) is 48.7 Å². The predicted molar refractivity (Wildman–Crippen MR) is 120 cm³/mol. The molecule has 28 heavy (non-hydrogen) atoms. The largest absolute Gasteiger partial charge is 0.361 e. The first-order valence-corrected chi connectivity index (χ1v) is 11.1. The monoisotopic (exact) mass is 374 g/mol. The summed E-state index contributed by atoms with van der Waals surface area (Å²) in [6.07, 6.45) is 9.79. The zero-order valence-electron chi connectivity index (χ0n) is 17.5. The van der Waals surface area contributed by atoms with Crippen molar-refractivity contribution in [3.63, 3.8) is 0 Å². The Morgan fingerprint density at radius 1 is 1.00 bits per heavy atom. The Kier molecular flexibility index (Phi) is 6.17. The minimum Gasteiger partial charge on any atom is -0.361 e. The van der Waals surface area contributed by atoms with Crippen LogP contribution in [0.4, 0.5) is 0 Å². The zero-order chi connectivity index (χ0) is 19.3. The molecule has 1 aromatic heterocycles. The fourth-order valence-corrected chi connectivity index (χ4v) is 4.83. The average molecular weight is 375 g/mol. The van der Waals surface area contributed by atoms with Gasteiger partial charge in [-0.1, -0.05) is 42.8 Å². The Bertz CT molecular complexity index is 900. The molecule has 0 atom stereocenters. The van der Waals surface area contributed by atoms with Crippen LogP contribution < -0.4 is 0 Å². The lowest BCUT2D eigenvalue weighted by atomic mass is 9.89. The molecule has 0 radical (unpaired) electrons. The molecule has 2 nitrogen and oxygen atoms in total. The first-order valence-electron chi connectivity index (χ1n) is 11.1. The van der Waals surface area contributed by atoms with Gasteiger partial charge in [0, 0.05) is 17.1 Å². The summed E-state index contributed by atoms with van der Waals surface area (Å²) in [7, 11) is 0. The van der Waals surface area contributed by atoms with E-state index < -0.39 is 0 Å². The third-order valence-electron chi connectivity index (χ3n) is 6.56. The molecule has 1 aliphatic heterocycles. The molecule has 3 aromatic rings. The molecule has 1 N–H and O–H groups in total. The number of likely N-dealkylation sites (tertiary alicyclic amines) is 1. The highest BCUT2D eigenvalue weighted by atomic mass is 15.1. The van der Waals surface area contributed by atoms with Gasteiger partial charge < -0.3 is 9.88 Å². The van der Waals surface area contributed by atoms with Crippen LogP contribution in [0.3, 0.4) is 0 Å². The van der Waals surface area contributed by atoms with E-state index in [2.05, 4.69) is 72.4 Å². The third-order valence-corrected chi connectivity index (χ3v) is 6.56. The molecular weight excluding hydrogens is 340 g/mol. The van der Waals surface area contributed by atoms with E-state index in [4.69, 9.17) is 0 Å². The lowest BCUT2D eigenvalue weighted by molar-refractivity contribution is 0.182. The van der Waals surface area contributed by atoms with Gasteiger partial charge in [0.15, 0.2) is 0 Å². The Balaban J connectivity index is 1.25. The Labute approximate surface area is 170 Å². The summed E-state index contributed by atoms with van der Waals surface area (Å²) in [6, 6.07) is 15.7. The summed E-state index contributed by atoms with van der Waals surface area (Å²) in [6.45, 7) is 8.23. The van der Waals surface area contributed by atoms with E-state index in [1.165, 1.54) is 79.3 Å². The summed E-state index contributed by atoms with van der Waals surface area (Å²) in [5, 5.41) is 1.43. The summed E-state index contributed by atoms with van der Waals surface area (Å²) < 4.78 is 0. The first-order chi connectivity index (χ1) is 13.7. The molecule has 0 unspecified atom stereocenters. The van der Waals surface area contributed by atoms with E-state index in [1.807, 2.05) is 0 Å². The molecule has 1 aliphatic rings. The molecule has 2 heterocycles. The fourth-order valence-electron chi connectivity index (χ4n) is 4.83.